The molecule has 0 saturated heterocycles. The Bertz CT molecular complexity index is 983. The minimum absolute atomic E-state index is 0.0190. The summed E-state index contributed by atoms with van der Waals surface area (Å²) in [7, 11) is -4.13. The van der Waals surface area contributed by atoms with Crippen LogP contribution in [0, 0.1) is 0 Å². The molecule has 0 aliphatic carbocycles. The Balaban J connectivity index is 2.42. The number of aromatic carboxylic acids is 1. The van der Waals surface area contributed by atoms with Crippen molar-refractivity contribution < 1.29 is 18.3 Å². The lowest BCUT2D eigenvalue weighted by atomic mass is 10.4. The van der Waals surface area contributed by atoms with Crippen LogP contribution in [-0.4, -0.2) is 33.4 Å². The van der Waals surface area contributed by atoms with E-state index in [0.29, 0.717) is 3.97 Å². The van der Waals surface area contributed by atoms with Crippen molar-refractivity contribution >= 4 is 38.6 Å². The van der Waals surface area contributed by atoms with E-state index in [1.807, 2.05) is 0 Å². The number of rotatable bonds is 3. The molecule has 0 aliphatic heterocycles. The number of hydrogen-bond acceptors (Lipinski definition) is 5. The summed E-state index contributed by atoms with van der Waals surface area (Å²) in [4.78, 5) is 18.9. The number of fused-ring (bicyclic) bond motifs is 1. The maximum atomic E-state index is 12.7. The van der Waals surface area contributed by atoms with Crippen molar-refractivity contribution in [2.75, 3.05) is 0 Å². The molecule has 9 heteroatoms. The van der Waals surface area contributed by atoms with E-state index in [9.17, 15) is 18.3 Å². The monoisotopic (exact) mass is 337 g/mol. The molecule has 0 amide bonds. The Hall–Kier alpha value is -2.45. The minimum atomic E-state index is -4.13. The molecule has 112 valence electrons. The van der Waals surface area contributed by atoms with Gasteiger partial charge in [-0.3, -0.25) is 0 Å². The second-order valence-corrected chi connectivity index (χ2v) is 6.46. The van der Waals surface area contributed by atoms with Crippen molar-refractivity contribution in [2.24, 2.45) is 0 Å². The summed E-state index contributed by atoms with van der Waals surface area (Å²) in [5.74, 6) is -1.41. The van der Waals surface area contributed by atoms with Crippen molar-refractivity contribution in [3.8, 4) is 0 Å². The summed E-state index contributed by atoms with van der Waals surface area (Å²) >= 11 is 5.89. The molecule has 0 aliphatic rings. The summed E-state index contributed by atoms with van der Waals surface area (Å²) in [6.45, 7) is 0. The molecule has 2 heterocycles. The molecule has 0 atom stereocenters. The van der Waals surface area contributed by atoms with E-state index in [-0.39, 0.29) is 21.1 Å². The van der Waals surface area contributed by atoms with E-state index >= 15 is 0 Å². The fraction of sp³-hybridized carbons (Fsp3) is 0. The number of carboxylic acids is 1. The molecule has 22 heavy (non-hydrogen) atoms. The topological polar surface area (TPSA) is 102 Å². The predicted octanol–water partition coefficient (Wildman–Crippen LogP) is 2.02. The zero-order valence-corrected chi connectivity index (χ0v) is 12.4. The number of aromatic nitrogens is 3. The molecule has 0 fully saturated rings. The van der Waals surface area contributed by atoms with Crippen LogP contribution in [0.5, 0.6) is 0 Å². The molecular formula is C13H8ClN3O4S. The maximum Gasteiger partial charge on any atom is 0.353 e. The van der Waals surface area contributed by atoms with Crippen molar-refractivity contribution in [1.82, 2.24) is 13.9 Å². The van der Waals surface area contributed by atoms with Gasteiger partial charge in [-0.05, 0) is 18.2 Å². The number of hydrogen-bond donors (Lipinski definition) is 1. The van der Waals surface area contributed by atoms with Gasteiger partial charge in [0.15, 0.2) is 5.65 Å². The lowest BCUT2D eigenvalue weighted by Gasteiger charge is -2.09. The van der Waals surface area contributed by atoms with Crippen LogP contribution in [0.4, 0.5) is 0 Å². The first-order valence-electron chi connectivity index (χ1n) is 5.99. The van der Waals surface area contributed by atoms with E-state index in [0.717, 1.165) is 12.4 Å². The number of halogens is 1. The lowest BCUT2D eigenvalue weighted by molar-refractivity contribution is 0.0689. The third-order valence-electron chi connectivity index (χ3n) is 3.01. The van der Waals surface area contributed by atoms with E-state index in [1.165, 1.54) is 12.1 Å². The van der Waals surface area contributed by atoms with E-state index in [4.69, 9.17) is 11.6 Å². The third-order valence-corrected chi connectivity index (χ3v) is 5.03. The van der Waals surface area contributed by atoms with Gasteiger partial charge in [0.2, 0.25) is 0 Å². The van der Waals surface area contributed by atoms with Crippen LogP contribution in [0.2, 0.25) is 5.15 Å². The molecule has 0 bridgehead atoms. The smallest absolute Gasteiger partial charge is 0.353 e. The van der Waals surface area contributed by atoms with Crippen LogP contribution >= 0.6 is 11.6 Å². The van der Waals surface area contributed by atoms with E-state index in [1.54, 1.807) is 18.2 Å². The van der Waals surface area contributed by atoms with Crippen LogP contribution in [0.1, 0.15) is 10.5 Å². The molecule has 3 rings (SSSR count). The first-order chi connectivity index (χ1) is 10.4. The highest BCUT2D eigenvalue weighted by Crippen LogP contribution is 2.27. The number of nitrogens with zero attached hydrogens (tertiary/aromatic N) is 3. The Morgan fingerprint density at radius 2 is 1.86 bits per heavy atom. The van der Waals surface area contributed by atoms with Gasteiger partial charge < -0.3 is 5.11 Å². The summed E-state index contributed by atoms with van der Waals surface area (Å²) in [6, 6.07) is 8.62. The highest BCUT2D eigenvalue weighted by atomic mass is 35.5. The molecule has 0 saturated carbocycles. The maximum absolute atomic E-state index is 12.7. The van der Waals surface area contributed by atoms with Crippen LogP contribution < -0.4 is 0 Å². The van der Waals surface area contributed by atoms with Gasteiger partial charge in [-0.1, -0.05) is 29.8 Å². The molecule has 1 N–H and O–H groups in total. The van der Waals surface area contributed by atoms with E-state index in [2.05, 4.69) is 9.97 Å². The highest BCUT2D eigenvalue weighted by molar-refractivity contribution is 7.90. The Morgan fingerprint density at radius 1 is 1.18 bits per heavy atom. The van der Waals surface area contributed by atoms with Crippen molar-refractivity contribution in [1.29, 1.82) is 0 Å². The van der Waals surface area contributed by atoms with Crippen LogP contribution in [0.3, 0.4) is 0 Å². The predicted molar refractivity (Wildman–Crippen MR) is 78.5 cm³/mol. The first-order valence-corrected chi connectivity index (χ1v) is 7.80. The molecular weight excluding hydrogens is 330 g/mol. The molecule has 7 nitrogen and oxygen atoms in total. The molecule has 0 radical (unpaired) electrons. The molecule has 0 spiro atoms. The van der Waals surface area contributed by atoms with Gasteiger partial charge in [0.05, 0.1) is 10.3 Å². The van der Waals surface area contributed by atoms with Crippen molar-refractivity contribution in [3.05, 3.63) is 53.6 Å². The molecule has 2 aromatic heterocycles. The number of carboxylic acid groups (broad SMARTS) is 1. The average Bonchev–Trinajstić information content (AvgIpc) is 2.90. The zero-order chi connectivity index (χ0) is 15.9. The standard InChI is InChI=1S/C13H8ClN3O4S/c14-11-9-6-10(13(18)19)17(12(9)16-7-15-11)22(20,21)8-4-2-1-3-5-8/h1-7H,(H,18,19). The summed E-state index contributed by atoms with van der Waals surface area (Å²) in [5.41, 5.74) is -0.539. The Morgan fingerprint density at radius 3 is 2.50 bits per heavy atom. The average molecular weight is 338 g/mol. The van der Waals surface area contributed by atoms with Gasteiger partial charge in [0.1, 0.15) is 17.2 Å². The van der Waals surface area contributed by atoms with Gasteiger partial charge in [0, 0.05) is 0 Å². The fourth-order valence-electron chi connectivity index (χ4n) is 2.05. The van der Waals surface area contributed by atoms with Gasteiger partial charge in [-0.25, -0.2) is 27.2 Å². The fourth-order valence-corrected chi connectivity index (χ4v) is 3.71. The number of carbonyl (C=O) groups is 1. The first kappa shape index (κ1) is 14.5. The van der Waals surface area contributed by atoms with E-state index < -0.39 is 21.7 Å². The zero-order valence-electron chi connectivity index (χ0n) is 10.8. The molecule has 1 aromatic carbocycles. The van der Waals surface area contributed by atoms with Gasteiger partial charge in [-0.15, -0.1) is 0 Å². The van der Waals surface area contributed by atoms with Crippen LogP contribution in [0.15, 0.2) is 47.6 Å². The second kappa shape index (κ2) is 5.08. The van der Waals surface area contributed by atoms with Crippen molar-refractivity contribution in [3.63, 3.8) is 0 Å². The summed E-state index contributed by atoms with van der Waals surface area (Å²) in [6.07, 6.45) is 1.08. The molecule has 3 aromatic rings. The summed E-state index contributed by atoms with van der Waals surface area (Å²) < 4.78 is 26.1. The highest BCUT2D eigenvalue weighted by Gasteiger charge is 2.27. The Kier molecular flexibility index (Phi) is 3.34. The van der Waals surface area contributed by atoms with Gasteiger partial charge >= 0.3 is 5.97 Å². The van der Waals surface area contributed by atoms with Crippen LogP contribution in [-0.2, 0) is 10.0 Å². The normalized spacial score (nSPS) is 11.7. The van der Waals surface area contributed by atoms with Gasteiger partial charge in [0.25, 0.3) is 10.0 Å². The van der Waals surface area contributed by atoms with Crippen LogP contribution in [0.25, 0.3) is 11.0 Å². The second-order valence-electron chi connectivity index (χ2n) is 4.32. The summed E-state index contributed by atoms with van der Waals surface area (Å²) in [5, 5.41) is 9.43. The van der Waals surface area contributed by atoms with Gasteiger partial charge in [-0.2, -0.15) is 0 Å². The minimum Gasteiger partial charge on any atom is -0.477 e. The quantitative estimate of drug-likeness (QED) is 0.733. The number of benzene rings is 1. The largest absolute Gasteiger partial charge is 0.477 e. The van der Waals surface area contributed by atoms with Crippen molar-refractivity contribution in [2.45, 2.75) is 4.90 Å². The lowest BCUT2D eigenvalue weighted by Crippen LogP contribution is -2.18. The third kappa shape index (κ3) is 2.13. The molecule has 0 unspecified atom stereocenters. The Labute approximate surface area is 129 Å². The SMILES string of the molecule is O=C(O)c1cc2c(Cl)ncnc2n1S(=O)(=O)c1ccccc1.